The van der Waals surface area contributed by atoms with Gasteiger partial charge in [-0.05, 0) is 89.7 Å². The SMILES string of the molecule is CC(=O)Nc1ccc(C(C)N2C(=O)COC2c2cn(-c3ccc(I)cc3)nc2-c2ccc(F)cc2)cc1[N+](=O)[O-]. The minimum Gasteiger partial charge on any atom is -0.344 e. The Balaban J connectivity index is 1.58. The first-order chi connectivity index (χ1) is 19.1. The van der Waals surface area contributed by atoms with Crippen LogP contribution < -0.4 is 5.32 Å². The summed E-state index contributed by atoms with van der Waals surface area (Å²) in [6.07, 6.45) is 0.904. The van der Waals surface area contributed by atoms with Crippen molar-refractivity contribution in [1.29, 1.82) is 0 Å². The van der Waals surface area contributed by atoms with Crippen molar-refractivity contribution in [2.75, 3.05) is 11.9 Å². The van der Waals surface area contributed by atoms with Crippen molar-refractivity contribution in [2.45, 2.75) is 26.1 Å². The fourth-order valence-electron chi connectivity index (χ4n) is 4.64. The number of carbonyl (C=O) groups excluding carboxylic acids is 2. The molecule has 2 heterocycles. The second kappa shape index (κ2) is 11.1. The predicted molar refractivity (Wildman–Crippen MR) is 153 cm³/mol. The molecular weight excluding hydrogens is 632 g/mol. The fourth-order valence-corrected chi connectivity index (χ4v) is 5.00. The molecule has 2 unspecified atom stereocenters. The number of amides is 2. The number of ether oxygens (including phenoxy) is 1. The number of nitrogens with one attached hydrogen (secondary N) is 1. The van der Waals surface area contributed by atoms with Crippen molar-refractivity contribution in [1.82, 2.24) is 14.7 Å². The van der Waals surface area contributed by atoms with E-state index in [9.17, 15) is 24.1 Å². The Morgan fingerprint density at radius 2 is 1.88 bits per heavy atom. The zero-order chi connectivity index (χ0) is 28.6. The number of rotatable bonds is 7. The number of anilines is 1. The molecule has 1 aliphatic heterocycles. The highest BCUT2D eigenvalue weighted by Crippen LogP contribution is 2.41. The summed E-state index contributed by atoms with van der Waals surface area (Å²) < 4.78 is 22.4. The molecule has 0 bridgehead atoms. The first-order valence-corrected chi connectivity index (χ1v) is 13.3. The van der Waals surface area contributed by atoms with Crippen LogP contribution in [0.2, 0.25) is 0 Å². The van der Waals surface area contributed by atoms with Gasteiger partial charge in [0.25, 0.3) is 11.6 Å². The quantitative estimate of drug-likeness (QED) is 0.154. The van der Waals surface area contributed by atoms with Gasteiger partial charge in [0.15, 0.2) is 6.23 Å². The van der Waals surface area contributed by atoms with Gasteiger partial charge in [-0.25, -0.2) is 9.07 Å². The number of halogens is 2. The van der Waals surface area contributed by atoms with Crippen LogP contribution in [0.3, 0.4) is 0 Å². The maximum absolute atomic E-state index is 13.7. The first kappa shape index (κ1) is 27.4. The lowest BCUT2D eigenvalue weighted by atomic mass is 10.0. The Kier molecular flexibility index (Phi) is 7.63. The van der Waals surface area contributed by atoms with Crippen molar-refractivity contribution in [3.63, 3.8) is 0 Å². The van der Waals surface area contributed by atoms with Gasteiger partial charge in [-0.2, -0.15) is 5.10 Å². The van der Waals surface area contributed by atoms with E-state index in [0.29, 0.717) is 22.4 Å². The minimum atomic E-state index is -0.866. The van der Waals surface area contributed by atoms with Crippen molar-refractivity contribution < 1.29 is 23.6 Å². The molecule has 1 fully saturated rings. The van der Waals surface area contributed by atoms with Gasteiger partial charge >= 0.3 is 0 Å². The molecule has 1 N–H and O–H groups in total. The third kappa shape index (κ3) is 5.45. The van der Waals surface area contributed by atoms with Crippen LogP contribution >= 0.6 is 22.6 Å². The molecule has 1 aliphatic rings. The predicted octanol–water partition coefficient (Wildman–Crippen LogP) is 5.77. The number of aromatic nitrogens is 2. The summed E-state index contributed by atoms with van der Waals surface area (Å²) in [5, 5.41) is 19.0. The van der Waals surface area contributed by atoms with Crippen LogP contribution in [-0.2, 0) is 14.3 Å². The lowest BCUT2D eigenvalue weighted by Crippen LogP contribution is -2.31. The number of hydrogen-bond donors (Lipinski definition) is 1. The lowest BCUT2D eigenvalue weighted by molar-refractivity contribution is -0.384. The van der Waals surface area contributed by atoms with E-state index in [2.05, 4.69) is 27.9 Å². The zero-order valence-corrected chi connectivity index (χ0v) is 23.5. The molecule has 10 nitrogen and oxygen atoms in total. The maximum atomic E-state index is 13.7. The molecule has 40 heavy (non-hydrogen) atoms. The molecule has 0 radical (unpaired) electrons. The summed E-state index contributed by atoms with van der Waals surface area (Å²) in [7, 11) is 0. The molecule has 1 saturated heterocycles. The van der Waals surface area contributed by atoms with E-state index in [1.54, 1.807) is 36.0 Å². The molecule has 2 atom stereocenters. The van der Waals surface area contributed by atoms with E-state index in [-0.39, 0.29) is 23.9 Å². The molecule has 1 aromatic heterocycles. The topological polar surface area (TPSA) is 120 Å². The Hall–Kier alpha value is -4.17. The Labute approximate surface area is 242 Å². The molecule has 204 valence electrons. The second-order valence-corrected chi connectivity index (χ2v) is 10.5. The van der Waals surface area contributed by atoms with Gasteiger partial charge in [0, 0.05) is 33.9 Å². The van der Waals surface area contributed by atoms with Crippen LogP contribution in [0.1, 0.15) is 37.2 Å². The molecule has 12 heteroatoms. The number of benzene rings is 3. The summed E-state index contributed by atoms with van der Waals surface area (Å²) in [4.78, 5) is 37.3. The largest absolute Gasteiger partial charge is 0.344 e. The first-order valence-electron chi connectivity index (χ1n) is 12.2. The van der Waals surface area contributed by atoms with Crippen molar-refractivity contribution in [3.8, 4) is 16.9 Å². The molecule has 2 amide bonds. The van der Waals surface area contributed by atoms with Crippen LogP contribution in [0, 0.1) is 19.5 Å². The average Bonchev–Trinajstić information content (AvgIpc) is 3.52. The highest BCUT2D eigenvalue weighted by atomic mass is 127. The van der Waals surface area contributed by atoms with Crippen LogP contribution in [0.4, 0.5) is 15.8 Å². The van der Waals surface area contributed by atoms with E-state index >= 15 is 0 Å². The molecule has 3 aromatic carbocycles. The normalized spacial score (nSPS) is 15.8. The molecule has 4 aromatic rings. The smallest absolute Gasteiger partial charge is 0.293 e. The van der Waals surface area contributed by atoms with Crippen LogP contribution in [0.25, 0.3) is 16.9 Å². The van der Waals surface area contributed by atoms with Gasteiger partial charge in [-0.1, -0.05) is 6.07 Å². The van der Waals surface area contributed by atoms with E-state index < -0.39 is 28.9 Å². The third-order valence-electron chi connectivity index (χ3n) is 6.55. The average molecular weight is 655 g/mol. The van der Waals surface area contributed by atoms with Gasteiger partial charge in [0.2, 0.25) is 5.91 Å². The van der Waals surface area contributed by atoms with Gasteiger partial charge in [0.1, 0.15) is 23.8 Å². The van der Waals surface area contributed by atoms with Crippen molar-refractivity contribution in [3.05, 3.63) is 104 Å². The summed E-state index contributed by atoms with van der Waals surface area (Å²) in [6.45, 7) is 2.82. The minimum absolute atomic E-state index is 0.0615. The van der Waals surface area contributed by atoms with Crippen molar-refractivity contribution in [2.24, 2.45) is 0 Å². The molecule has 0 aliphatic carbocycles. The second-order valence-electron chi connectivity index (χ2n) is 9.22. The maximum Gasteiger partial charge on any atom is 0.293 e. The van der Waals surface area contributed by atoms with Crippen LogP contribution in [-0.4, -0.2) is 38.0 Å². The molecular formula is C28H23FIN5O5. The monoisotopic (exact) mass is 655 g/mol. The number of nitrogens with zero attached hydrogens (tertiary/aromatic N) is 4. The van der Waals surface area contributed by atoms with Crippen molar-refractivity contribution >= 4 is 45.8 Å². The van der Waals surface area contributed by atoms with Crippen LogP contribution in [0.15, 0.2) is 72.9 Å². The Morgan fingerprint density at radius 1 is 1.18 bits per heavy atom. The standard InChI is InChI=1S/C28H23FIN5O5/c1-16(19-5-12-24(31-17(2)36)25(13-19)35(38)39)34-26(37)15-40-28(34)23-14-33(22-10-8-21(30)9-11-22)32-27(23)18-3-6-20(29)7-4-18/h3-14,16,28H,15H2,1-2H3,(H,31,36). The van der Waals surface area contributed by atoms with Gasteiger partial charge < -0.3 is 15.0 Å². The lowest BCUT2D eigenvalue weighted by Gasteiger charge is -2.29. The summed E-state index contributed by atoms with van der Waals surface area (Å²) in [5.74, 6) is -1.14. The molecule has 0 spiro atoms. The summed E-state index contributed by atoms with van der Waals surface area (Å²) in [6, 6.07) is 17.4. The van der Waals surface area contributed by atoms with E-state index in [0.717, 1.165) is 9.26 Å². The van der Waals surface area contributed by atoms with Gasteiger partial charge in [-0.3, -0.25) is 19.7 Å². The highest BCUT2D eigenvalue weighted by molar-refractivity contribution is 14.1. The number of carbonyl (C=O) groups is 2. The van der Waals surface area contributed by atoms with E-state index in [4.69, 9.17) is 9.84 Å². The Bertz CT molecular complexity index is 1610. The van der Waals surface area contributed by atoms with E-state index in [1.165, 1.54) is 36.1 Å². The third-order valence-corrected chi connectivity index (χ3v) is 7.27. The number of hydrogen-bond acceptors (Lipinski definition) is 6. The van der Waals surface area contributed by atoms with Crippen LogP contribution in [0.5, 0.6) is 0 Å². The van der Waals surface area contributed by atoms with Gasteiger partial charge in [-0.15, -0.1) is 0 Å². The zero-order valence-electron chi connectivity index (χ0n) is 21.4. The number of nitro benzene ring substituents is 1. The Morgan fingerprint density at radius 3 is 2.52 bits per heavy atom. The summed E-state index contributed by atoms with van der Waals surface area (Å²) >= 11 is 2.21. The molecule has 5 rings (SSSR count). The fraction of sp³-hybridized carbons (Fsp3) is 0.179. The number of nitro groups is 1. The van der Waals surface area contributed by atoms with E-state index in [1.807, 2.05) is 24.3 Å². The molecule has 0 saturated carbocycles. The summed E-state index contributed by atoms with van der Waals surface area (Å²) in [5.41, 5.74) is 2.75. The van der Waals surface area contributed by atoms with Gasteiger partial charge in [0.05, 0.1) is 16.7 Å². The highest BCUT2D eigenvalue weighted by Gasteiger charge is 2.40.